The lowest BCUT2D eigenvalue weighted by Gasteiger charge is -2.36. The third-order valence-corrected chi connectivity index (χ3v) is 6.60. The van der Waals surface area contributed by atoms with Gasteiger partial charge in [-0.25, -0.2) is 14.8 Å². The summed E-state index contributed by atoms with van der Waals surface area (Å²) in [6.07, 6.45) is 3.01. The van der Waals surface area contributed by atoms with Crippen molar-refractivity contribution in [3.8, 4) is 0 Å². The van der Waals surface area contributed by atoms with Crippen molar-refractivity contribution in [1.82, 2.24) is 14.9 Å². The molecule has 2 aliphatic heterocycles. The van der Waals surface area contributed by atoms with E-state index in [0.29, 0.717) is 36.9 Å². The van der Waals surface area contributed by atoms with Crippen LogP contribution in [0.1, 0.15) is 42.9 Å². The predicted octanol–water partition coefficient (Wildman–Crippen LogP) is 4.38. The monoisotopic (exact) mass is 507 g/mol. The van der Waals surface area contributed by atoms with Crippen molar-refractivity contribution < 1.29 is 14.3 Å². The van der Waals surface area contributed by atoms with E-state index < -0.39 is 5.60 Å². The van der Waals surface area contributed by atoms with Gasteiger partial charge in [0.15, 0.2) is 5.13 Å². The zero-order chi connectivity index (χ0) is 25.3. The number of carbonyl (C=O) groups is 2. The fourth-order valence-electron chi connectivity index (χ4n) is 4.17. The van der Waals surface area contributed by atoms with Gasteiger partial charge in [-0.15, -0.1) is 11.3 Å². The highest BCUT2D eigenvalue weighted by molar-refractivity contribution is 7.13. The van der Waals surface area contributed by atoms with Crippen LogP contribution < -0.4 is 20.9 Å². The van der Waals surface area contributed by atoms with Crippen LogP contribution in [0, 0.1) is 0 Å². The van der Waals surface area contributed by atoms with E-state index in [9.17, 15) is 9.59 Å². The Morgan fingerprint density at radius 3 is 2.56 bits per heavy atom. The number of hydrogen-bond donors (Lipinski definition) is 3. The van der Waals surface area contributed by atoms with Gasteiger partial charge in [-0.05, 0) is 45.0 Å². The minimum Gasteiger partial charge on any atom is -0.444 e. The summed E-state index contributed by atoms with van der Waals surface area (Å²) in [5, 5.41) is 12.1. The first kappa shape index (κ1) is 23.9. The summed E-state index contributed by atoms with van der Waals surface area (Å²) in [6, 6.07) is 9.59. The molecule has 0 radical (unpaired) electrons. The Morgan fingerprint density at radius 1 is 1.08 bits per heavy atom. The van der Waals surface area contributed by atoms with Crippen molar-refractivity contribution in [3.63, 3.8) is 0 Å². The van der Waals surface area contributed by atoms with Crippen molar-refractivity contribution in [1.29, 1.82) is 0 Å². The molecule has 1 unspecified atom stereocenters. The van der Waals surface area contributed by atoms with Gasteiger partial charge in [-0.1, -0.05) is 6.07 Å². The maximum atomic E-state index is 12.8. The number of rotatable bonds is 4. The first-order valence-electron chi connectivity index (χ1n) is 11.8. The average Bonchev–Trinajstić information content (AvgIpc) is 3.53. The van der Waals surface area contributed by atoms with E-state index in [4.69, 9.17) is 4.74 Å². The van der Waals surface area contributed by atoms with Crippen LogP contribution in [0.15, 0.2) is 48.1 Å². The number of hydrogen-bond acceptors (Lipinski definition) is 9. The van der Waals surface area contributed by atoms with Gasteiger partial charge >= 0.3 is 6.09 Å². The molecule has 10 nitrogen and oxygen atoms in total. The molecule has 0 aliphatic carbocycles. The molecule has 2 amide bonds. The predicted molar refractivity (Wildman–Crippen MR) is 141 cm³/mol. The smallest absolute Gasteiger partial charge is 0.410 e. The van der Waals surface area contributed by atoms with Crippen molar-refractivity contribution in [2.45, 2.75) is 32.5 Å². The van der Waals surface area contributed by atoms with Crippen molar-refractivity contribution in [3.05, 3.63) is 59.2 Å². The number of aromatic nitrogens is 2. The lowest BCUT2D eigenvalue weighted by Crippen LogP contribution is -2.50. The standard InChI is InChI=1S/C25H29N7O3S/c1-25(2,3)35-24(34)32-12-10-31(11-13-32)19-8-7-16(15-27-19)21-28-18-6-4-5-17(20(18)29-21)22(33)30-23-26-9-14-36-23/h4-9,14-15,21,28-29H,10-13H2,1-3H3,(H,26,30,33). The molecular weight excluding hydrogens is 478 g/mol. The van der Waals surface area contributed by atoms with Crippen LogP contribution in [-0.2, 0) is 4.74 Å². The first-order valence-corrected chi connectivity index (χ1v) is 12.7. The summed E-state index contributed by atoms with van der Waals surface area (Å²) in [7, 11) is 0. The molecule has 2 aromatic heterocycles. The van der Waals surface area contributed by atoms with Gasteiger partial charge in [0.2, 0.25) is 0 Å². The second kappa shape index (κ2) is 9.65. The van der Waals surface area contributed by atoms with Crippen LogP contribution in [0.4, 0.5) is 27.1 Å². The van der Waals surface area contributed by atoms with E-state index in [-0.39, 0.29) is 18.2 Å². The van der Waals surface area contributed by atoms with Crippen LogP contribution in [0.3, 0.4) is 0 Å². The lowest BCUT2D eigenvalue weighted by atomic mass is 10.1. The van der Waals surface area contributed by atoms with Crippen LogP contribution >= 0.6 is 11.3 Å². The average molecular weight is 508 g/mol. The highest BCUT2D eigenvalue weighted by atomic mass is 32.1. The minimum atomic E-state index is -0.501. The number of para-hydroxylation sites is 1. The molecule has 1 fully saturated rings. The van der Waals surface area contributed by atoms with Gasteiger partial charge in [0.1, 0.15) is 17.6 Å². The highest BCUT2D eigenvalue weighted by Gasteiger charge is 2.28. The number of benzene rings is 1. The summed E-state index contributed by atoms with van der Waals surface area (Å²) in [4.78, 5) is 37.8. The second-order valence-corrected chi connectivity index (χ2v) is 10.5. The summed E-state index contributed by atoms with van der Waals surface area (Å²) in [5.41, 5.74) is 2.60. The van der Waals surface area contributed by atoms with E-state index in [1.807, 2.05) is 56.6 Å². The summed E-state index contributed by atoms with van der Waals surface area (Å²) < 4.78 is 5.48. The first-order chi connectivity index (χ1) is 17.3. The van der Waals surface area contributed by atoms with E-state index in [2.05, 4.69) is 30.8 Å². The van der Waals surface area contributed by atoms with Gasteiger partial charge in [0, 0.05) is 49.5 Å². The fourth-order valence-corrected chi connectivity index (χ4v) is 4.69. The minimum absolute atomic E-state index is 0.209. The molecule has 0 bridgehead atoms. The largest absolute Gasteiger partial charge is 0.444 e. The number of nitrogens with one attached hydrogen (secondary N) is 3. The van der Waals surface area contributed by atoms with Gasteiger partial charge in [-0.3, -0.25) is 10.1 Å². The third kappa shape index (κ3) is 5.20. The zero-order valence-electron chi connectivity index (χ0n) is 20.4. The molecule has 11 heteroatoms. The number of ether oxygens (including phenoxy) is 1. The Hall–Kier alpha value is -3.86. The number of fused-ring (bicyclic) bond motifs is 1. The molecule has 0 spiro atoms. The maximum absolute atomic E-state index is 12.8. The maximum Gasteiger partial charge on any atom is 0.410 e. The Morgan fingerprint density at radius 2 is 1.89 bits per heavy atom. The van der Waals surface area contributed by atoms with E-state index in [0.717, 1.165) is 22.8 Å². The summed E-state index contributed by atoms with van der Waals surface area (Å²) >= 11 is 1.38. The van der Waals surface area contributed by atoms with Crippen LogP contribution in [-0.4, -0.2) is 58.6 Å². The molecule has 4 heterocycles. The molecule has 2 aliphatic rings. The van der Waals surface area contributed by atoms with Crippen LogP contribution in [0.5, 0.6) is 0 Å². The molecular formula is C25H29N7O3S. The SMILES string of the molecule is CC(C)(C)OC(=O)N1CCN(c2ccc(C3Nc4cccc(C(=O)Nc5nccs5)c4N3)cn2)CC1. The van der Waals surface area contributed by atoms with Gasteiger partial charge in [0.05, 0.1) is 16.9 Å². The zero-order valence-corrected chi connectivity index (χ0v) is 21.3. The Labute approximate surface area is 213 Å². The summed E-state index contributed by atoms with van der Waals surface area (Å²) in [5.74, 6) is 0.650. The number of nitrogens with zero attached hydrogens (tertiary/aromatic N) is 4. The van der Waals surface area contributed by atoms with Crippen molar-refractivity contribution in [2.75, 3.05) is 47.0 Å². The topological polar surface area (TPSA) is 112 Å². The lowest BCUT2D eigenvalue weighted by molar-refractivity contribution is 0.0240. The number of carbonyl (C=O) groups excluding carboxylic acids is 2. The molecule has 36 heavy (non-hydrogen) atoms. The molecule has 188 valence electrons. The van der Waals surface area contributed by atoms with E-state index >= 15 is 0 Å². The Balaban J connectivity index is 1.21. The van der Waals surface area contributed by atoms with Gasteiger partial charge < -0.3 is 25.2 Å². The Bertz CT molecular complexity index is 1230. The van der Waals surface area contributed by atoms with Crippen molar-refractivity contribution in [2.24, 2.45) is 0 Å². The molecule has 1 saturated heterocycles. The molecule has 3 N–H and O–H groups in total. The quantitative estimate of drug-likeness (QED) is 0.477. The van der Waals surface area contributed by atoms with E-state index in [1.165, 1.54) is 11.3 Å². The molecule has 0 saturated carbocycles. The number of thiazole rings is 1. The van der Waals surface area contributed by atoms with Crippen molar-refractivity contribution >= 4 is 45.7 Å². The highest BCUT2D eigenvalue weighted by Crippen LogP contribution is 2.38. The number of anilines is 4. The van der Waals surface area contributed by atoms with Gasteiger partial charge in [0.25, 0.3) is 5.91 Å². The number of amides is 2. The Kier molecular flexibility index (Phi) is 6.40. The van der Waals surface area contributed by atoms with Crippen LogP contribution in [0.25, 0.3) is 0 Å². The summed E-state index contributed by atoms with van der Waals surface area (Å²) in [6.45, 7) is 8.17. The second-order valence-electron chi connectivity index (χ2n) is 9.65. The molecule has 1 atom stereocenters. The van der Waals surface area contributed by atoms with E-state index in [1.54, 1.807) is 17.2 Å². The van der Waals surface area contributed by atoms with Gasteiger partial charge in [-0.2, -0.15) is 0 Å². The number of piperazine rings is 1. The number of pyridine rings is 1. The van der Waals surface area contributed by atoms with Crippen LogP contribution in [0.2, 0.25) is 0 Å². The molecule has 5 rings (SSSR count). The normalized spacial score (nSPS) is 17.1. The fraction of sp³-hybridized carbons (Fsp3) is 0.360. The third-order valence-electron chi connectivity index (χ3n) is 5.91. The molecule has 1 aromatic carbocycles. The molecule has 3 aromatic rings.